The van der Waals surface area contributed by atoms with Gasteiger partial charge in [0.05, 0.1) is 11.0 Å². The first kappa shape index (κ1) is 15.9. The zero-order valence-corrected chi connectivity index (χ0v) is 12.9. The molecule has 21 heavy (non-hydrogen) atoms. The molecular formula is C15H19ClFN3O. The highest BCUT2D eigenvalue weighted by Crippen LogP contribution is 2.38. The highest BCUT2D eigenvalue weighted by atomic mass is 35.5. The largest absolute Gasteiger partial charge is 0.338 e. The summed E-state index contributed by atoms with van der Waals surface area (Å²) in [5.41, 5.74) is 6.00. The zero-order valence-electron chi connectivity index (χ0n) is 12.1. The standard InChI is InChI=1S/C15H18FN3O.ClH/c1-14(2,10-5-3-6-11(16)9-10)13-18-12(19-20-13)15(17)7-4-8-15;/h3,5-6,9H,4,7-8,17H2,1-2H3;1H. The third-order valence-corrected chi connectivity index (χ3v) is 4.20. The lowest BCUT2D eigenvalue weighted by Gasteiger charge is -2.34. The van der Waals surface area contributed by atoms with Gasteiger partial charge in [-0.2, -0.15) is 4.98 Å². The smallest absolute Gasteiger partial charge is 0.236 e. The molecule has 0 bridgehead atoms. The first-order valence-electron chi connectivity index (χ1n) is 6.81. The molecule has 0 aliphatic heterocycles. The Balaban J connectivity index is 0.00000161. The predicted molar refractivity (Wildman–Crippen MR) is 79.8 cm³/mol. The number of hydrogen-bond donors (Lipinski definition) is 1. The van der Waals surface area contributed by atoms with Crippen LogP contribution < -0.4 is 5.73 Å². The van der Waals surface area contributed by atoms with Gasteiger partial charge in [-0.15, -0.1) is 12.4 Å². The highest BCUT2D eigenvalue weighted by Gasteiger charge is 2.40. The number of benzene rings is 1. The van der Waals surface area contributed by atoms with Crippen molar-refractivity contribution in [1.29, 1.82) is 0 Å². The van der Waals surface area contributed by atoms with Gasteiger partial charge >= 0.3 is 0 Å². The maximum absolute atomic E-state index is 13.4. The van der Waals surface area contributed by atoms with Crippen LogP contribution in [0.25, 0.3) is 0 Å². The molecule has 6 heteroatoms. The van der Waals surface area contributed by atoms with Crippen molar-refractivity contribution in [2.24, 2.45) is 5.73 Å². The van der Waals surface area contributed by atoms with E-state index in [4.69, 9.17) is 10.3 Å². The molecule has 3 rings (SSSR count). The van der Waals surface area contributed by atoms with Gasteiger partial charge in [-0.1, -0.05) is 17.3 Å². The maximum atomic E-state index is 13.4. The summed E-state index contributed by atoms with van der Waals surface area (Å²) in [4.78, 5) is 4.46. The van der Waals surface area contributed by atoms with Gasteiger partial charge < -0.3 is 10.3 Å². The molecule has 1 aliphatic carbocycles. The van der Waals surface area contributed by atoms with Crippen LogP contribution in [0.3, 0.4) is 0 Å². The van der Waals surface area contributed by atoms with Gasteiger partial charge in [-0.3, -0.25) is 0 Å². The monoisotopic (exact) mass is 311 g/mol. The third-order valence-electron chi connectivity index (χ3n) is 4.20. The summed E-state index contributed by atoms with van der Waals surface area (Å²) in [5, 5.41) is 4.02. The molecule has 1 saturated carbocycles. The quantitative estimate of drug-likeness (QED) is 0.944. The van der Waals surface area contributed by atoms with Crippen molar-refractivity contribution in [3.63, 3.8) is 0 Å². The van der Waals surface area contributed by atoms with Gasteiger partial charge in [0.2, 0.25) is 5.89 Å². The van der Waals surface area contributed by atoms with Crippen molar-refractivity contribution in [3.8, 4) is 0 Å². The normalized spacial score (nSPS) is 17.0. The van der Waals surface area contributed by atoms with Gasteiger partial charge in [-0.25, -0.2) is 4.39 Å². The molecule has 0 saturated heterocycles. The number of hydrogen-bond acceptors (Lipinski definition) is 4. The molecule has 1 fully saturated rings. The van der Waals surface area contributed by atoms with Crippen LogP contribution in [0.2, 0.25) is 0 Å². The van der Waals surface area contributed by atoms with Gasteiger partial charge in [-0.05, 0) is 50.8 Å². The Bertz CT molecular complexity index is 637. The van der Waals surface area contributed by atoms with Gasteiger partial charge in [0.1, 0.15) is 5.82 Å². The van der Waals surface area contributed by atoms with Crippen molar-refractivity contribution in [3.05, 3.63) is 47.4 Å². The Morgan fingerprint density at radius 1 is 1.33 bits per heavy atom. The topological polar surface area (TPSA) is 64.9 Å². The SMILES string of the molecule is CC(C)(c1cccc(F)c1)c1nc(C2(N)CCC2)no1.Cl. The van der Waals surface area contributed by atoms with Gasteiger partial charge in [0.15, 0.2) is 5.82 Å². The Morgan fingerprint density at radius 2 is 2.05 bits per heavy atom. The lowest BCUT2D eigenvalue weighted by atomic mass is 9.77. The minimum atomic E-state index is -0.548. The second-order valence-electron chi connectivity index (χ2n) is 6.07. The maximum Gasteiger partial charge on any atom is 0.236 e. The van der Waals surface area contributed by atoms with E-state index in [9.17, 15) is 4.39 Å². The van der Waals surface area contributed by atoms with Crippen molar-refractivity contribution in [2.45, 2.75) is 44.1 Å². The minimum absolute atomic E-state index is 0. The third kappa shape index (κ3) is 2.68. The first-order chi connectivity index (χ1) is 9.42. The van der Waals surface area contributed by atoms with Crippen LogP contribution in [0.1, 0.15) is 50.4 Å². The molecule has 0 atom stereocenters. The molecule has 1 aromatic carbocycles. The van der Waals surface area contributed by atoms with E-state index < -0.39 is 11.0 Å². The fourth-order valence-corrected chi connectivity index (χ4v) is 2.46. The molecule has 1 heterocycles. The lowest BCUT2D eigenvalue weighted by Crippen LogP contribution is -2.44. The Labute approximate surface area is 129 Å². The molecular weight excluding hydrogens is 293 g/mol. The lowest BCUT2D eigenvalue weighted by molar-refractivity contribution is 0.228. The van der Waals surface area contributed by atoms with Crippen molar-refractivity contribution >= 4 is 12.4 Å². The van der Waals surface area contributed by atoms with E-state index in [1.54, 1.807) is 6.07 Å². The average Bonchev–Trinajstić information content (AvgIpc) is 2.86. The Morgan fingerprint density at radius 3 is 2.62 bits per heavy atom. The van der Waals surface area contributed by atoms with Crippen molar-refractivity contribution in [1.82, 2.24) is 10.1 Å². The average molecular weight is 312 g/mol. The molecule has 2 N–H and O–H groups in total. The Kier molecular flexibility index (Phi) is 4.08. The van der Waals surface area contributed by atoms with E-state index in [0.717, 1.165) is 24.8 Å². The minimum Gasteiger partial charge on any atom is -0.338 e. The molecule has 1 aromatic heterocycles. The zero-order chi connectivity index (χ0) is 14.4. The van der Waals surface area contributed by atoms with Crippen molar-refractivity contribution in [2.75, 3.05) is 0 Å². The number of nitrogens with zero attached hydrogens (tertiary/aromatic N) is 2. The van der Waals surface area contributed by atoms with Crippen LogP contribution in [0.4, 0.5) is 4.39 Å². The van der Waals surface area contributed by atoms with Crippen LogP contribution in [0.5, 0.6) is 0 Å². The van der Waals surface area contributed by atoms with Gasteiger partial charge in [0.25, 0.3) is 0 Å². The fraction of sp³-hybridized carbons (Fsp3) is 0.467. The molecule has 0 radical (unpaired) electrons. The van der Waals surface area contributed by atoms with Crippen LogP contribution in [-0.2, 0) is 11.0 Å². The summed E-state index contributed by atoms with van der Waals surface area (Å²) < 4.78 is 18.8. The summed E-state index contributed by atoms with van der Waals surface area (Å²) in [6.07, 6.45) is 2.85. The van der Waals surface area contributed by atoms with Crippen molar-refractivity contribution < 1.29 is 8.91 Å². The second kappa shape index (κ2) is 5.39. The summed E-state index contributed by atoms with van der Waals surface area (Å²) in [7, 11) is 0. The van der Waals surface area contributed by atoms with Gasteiger partial charge in [0, 0.05) is 0 Å². The molecule has 0 spiro atoms. The highest BCUT2D eigenvalue weighted by molar-refractivity contribution is 5.85. The van der Waals surface area contributed by atoms with E-state index in [1.165, 1.54) is 12.1 Å². The van der Waals surface area contributed by atoms with Crippen LogP contribution >= 0.6 is 12.4 Å². The van der Waals surface area contributed by atoms with E-state index >= 15 is 0 Å². The summed E-state index contributed by atoms with van der Waals surface area (Å²) in [6.45, 7) is 3.87. The number of nitrogens with two attached hydrogens (primary N) is 1. The summed E-state index contributed by atoms with van der Waals surface area (Å²) in [5.74, 6) is 0.752. The Hall–Kier alpha value is -1.46. The summed E-state index contributed by atoms with van der Waals surface area (Å²) >= 11 is 0. The van der Waals surface area contributed by atoms with Crippen LogP contribution in [0.15, 0.2) is 28.8 Å². The molecule has 0 unspecified atom stereocenters. The number of rotatable bonds is 3. The molecule has 2 aromatic rings. The molecule has 4 nitrogen and oxygen atoms in total. The van der Waals surface area contributed by atoms with E-state index in [0.29, 0.717) is 11.7 Å². The predicted octanol–water partition coefficient (Wildman–Crippen LogP) is 3.29. The van der Waals surface area contributed by atoms with E-state index in [1.807, 2.05) is 19.9 Å². The molecule has 114 valence electrons. The number of aromatic nitrogens is 2. The fourth-order valence-electron chi connectivity index (χ4n) is 2.46. The van der Waals surface area contributed by atoms with Crippen LogP contribution in [-0.4, -0.2) is 10.1 Å². The second-order valence-corrected chi connectivity index (χ2v) is 6.07. The van der Waals surface area contributed by atoms with E-state index in [2.05, 4.69) is 10.1 Å². The number of halogens is 2. The molecule has 0 amide bonds. The molecule has 1 aliphatic rings. The first-order valence-corrected chi connectivity index (χ1v) is 6.81. The van der Waals surface area contributed by atoms with Crippen LogP contribution in [0, 0.1) is 5.82 Å². The van der Waals surface area contributed by atoms with E-state index in [-0.39, 0.29) is 18.2 Å². The summed E-state index contributed by atoms with van der Waals surface area (Å²) in [6, 6.07) is 6.45.